The van der Waals surface area contributed by atoms with Crippen molar-refractivity contribution >= 4 is 40.4 Å². The maximum atomic E-state index is 12.0. The lowest BCUT2D eigenvalue weighted by molar-refractivity contribution is 0.0686. The maximum absolute atomic E-state index is 12.0. The summed E-state index contributed by atoms with van der Waals surface area (Å²) < 4.78 is 0. The Morgan fingerprint density at radius 3 is 2.81 bits per heavy atom. The molecule has 3 aromatic heterocycles. The van der Waals surface area contributed by atoms with Gasteiger partial charge in [0.15, 0.2) is 5.69 Å². The summed E-state index contributed by atoms with van der Waals surface area (Å²) in [6.45, 7) is 0.299. The van der Waals surface area contributed by atoms with Crippen LogP contribution in [0.1, 0.15) is 15.4 Å². The molecule has 0 saturated carbocycles. The second kappa shape index (κ2) is 7.33. The average molecular weight is 393 g/mol. The second-order valence-electron chi connectivity index (χ2n) is 4.89. The number of nitrogens with zero attached hydrogens (tertiary/aromatic N) is 2. The van der Waals surface area contributed by atoms with E-state index in [-0.39, 0.29) is 5.82 Å². The van der Waals surface area contributed by atoms with Crippen LogP contribution < -0.4 is 16.2 Å². The van der Waals surface area contributed by atoms with Crippen molar-refractivity contribution in [2.24, 2.45) is 0 Å². The molecular formula is C14H11N5O5S2. The molecule has 0 aromatic carbocycles. The van der Waals surface area contributed by atoms with E-state index >= 15 is 0 Å². The third-order valence-corrected chi connectivity index (χ3v) is 4.69. The summed E-state index contributed by atoms with van der Waals surface area (Å²) in [6.07, 6.45) is 1.64. The molecule has 0 radical (unpaired) electrons. The number of carboxylic acid groups (broad SMARTS) is 1. The number of carboxylic acids is 1. The molecule has 0 spiro atoms. The third kappa shape index (κ3) is 3.70. The first-order valence-corrected chi connectivity index (χ1v) is 8.83. The van der Waals surface area contributed by atoms with Crippen molar-refractivity contribution < 1.29 is 19.8 Å². The lowest BCUT2D eigenvalue weighted by Gasteiger charge is -2.08. The van der Waals surface area contributed by atoms with Gasteiger partial charge < -0.3 is 25.8 Å². The van der Waals surface area contributed by atoms with Gasteiger partial charge in [0.05, 0.1) is 23.3 Å². The smallest absolute Gasteiger partial charge is 0.358 e. The molecule has 3 aromatic rings. The summed E-state index contributed by atoms with van der Waals surface area (Å²) in [7, 11) is 0. The number of carbonyl (C=O) groups excluding carboxylic acids is 1. The standard InChI is InChI=1S/C14H11N5O5S2/c20-10-9(13(22)23)18-11(19-12(10)21)7-3-25-4-8(7)17-14(24)16-2-6-1-15-5-26-6/h1,3-5,20H,2H2,(H,22,23)(H2,16,17,24)(H,18,19,21). The van der Waals surface area contributed by atoms with Gasteiger partial charge in [0.25, 0.3) is 5.56 Å². The molecule has 10 nitrogen and oxygen atoms in total. The molecule has 2 amide bonds. The van der Waals surface area contributed by atoms with Crippen molar-refractivity contribution in [2.75, 3.05) is 5.32 Å². The van der Waals surface area contributed by atoms with Crippen LogP contribution in [-0.2, 0) is 6.54 Å². The number of urea groups is 1. The normalized spacial score (nSPS) is 10.5. The van der Waals surface area contributed by atoms with Gasteiger partial charge in [-0.05, 0) is 0 Å². The number of amides is 2. The zero-order valence-electron chi connectivity index (χ0n) is 12.8. The molecule has 0 bridgehead atoms. The van der Waals surface area contributed by atoms with Crippen molar-refractivity contribution in [3.63, 3.8) is 0 Å². The van der Waals surface area contributed by atoms with E-state index in [4.69, 9.17) is 5.11 Å². The number of thiophene rings is 1. The van der Waals surface area contributed by atoms with Crippen LogP contribution >= 0.6 is 22.7 Å². The Morgan fingerprint density at radius 2 is 2.12 bits per heavy atom. The Balaban J connectivity index is 1.81. The number of H-pyrrole nitrogens is 1. The van der Waals surface area contributed by atoms with Gasteiger partial charge in [-0.15, -0.1) is 22.7 Å². The Labute approximate surface area is 153 Å². The number of aromatic carboxylic acids is 1. The van der Waals surface area contributed by atoms with E-state index in [1.807, 2.05) is 0 Å². The predicted octanol–water partition coefficient (Wildman–Crippen LogP) is 1.68. The van der Waals surface area contributed by atoms with Crippen molar-refractivity contribution in [3.05, 3.63) is 43.4 Å². The summed E-state index contributed by atoms with van der Waals surface area (Å²) in [5, 5.41) is 27.0. The third-order valence-electron chi connectivity index (χ3n) is 3.17. The molecule has 12 heteroatoms. The molecule has 0 aliphatic rings. The number of thiazole rings is 1. The number of carbonyl (C=O) groups is 2. The minimum Gasteiger partial charge on any atom is -0.501 e. The van der Waals surface area contributed by atoms with Gasteiger partial charge in [-0.2, -0.15) is 0 Å². The molecular weight excluding hydrogens is 382 g/mol. The van der Waals surface area contributed by atoms with Gasteiger partial charge in [0, 0.05) is 21.8 Å². The zero-order valence-corrected chi connectivity index (χ0v) is 14.5. The van der Waals surface area contributed by atoms with Gasteiger partial charge in [0.1, 0.15) is 5.82 Å². The number of hydrogen-bond donors (Lipinski definition) is 5. The lowest BCUT2D eigenvalue weighted by atomic mass is 10.2. The topological polar surface area (TPSA) is 157 Å². The molecule has 0 aliphatic carbocycles. The number of aromatic nitrogens is 3. The molecule has 0 saturated heterocycles. The van der Waals surface area contributed by atoms with E-state index < -0.39 is 29.0 Å². The summed E-state index contributed by atoms with van der Waals surface area (Å²) in [4.78, 5) is 45.7. The minimum absolute atomic E-state index is 0.0794. The first-order valence-electron chi connectivity index (χ1n) is 7.01. The lowest BCUT2D eigenvalue weighted by Crippen LogP contribution is -2.28. The van der Waals surface area contributed by atoms with Crippen molar-refractivity contribution in [2.45, 2.75) is 6.54 Å². The maximum Gasteiger partial charge on any atom is 0.358 e. The highest BCUT2D eigenvalue weighted by Crippen LogP contribution is 2.29. The fraction of sp³-hybridized carbons (Fsp3) is 0.0714. The highest BCUT2D eigenvalue weighted by atomic mass is 32.1. The van der Waals surface area contributed by atoms with E-state index in [0.717, 1.165) is 4.88 Å². The number of nitrogens with one attached hydrogen (secondary N) is 3. The van der Waals surface area contributed by atoms with Crippen molar-refractivity contribution in [3.8, 4) is 17.1 Å². The summed E-state index contributed by atoms with van der Waals surface area (Å²) in [6, 6.07) is -0.488. The van der Waals surface area contributed by atoms with Crippen LogP contribution in [0.2, 0.25) is 0 Å². The van der Waals surface area contributed by atoms with Crippen LogP contribution in [0.3, 0.4) is 0 Å². The van der Waals surface area contributed by atoms with E-state index in [0.29, 0.717) is 17.8 Å². The minimum atomic E-state index is -1.54. The summed E-state index contributed by atoms with van der Waals surface area (Å²) >= 11 is 2.62. The molecule has 5 N–H and O–H groups in total. The second-order valence-corrected chi connectivity index (χ2v) is 6.61. The van der Waals surface area contributed by atoms with Gasteiger partial charge in [-0.1, -0.05) is 0 Å². The van der Waals surface area contributed by atoms with Crippen LogP contribution in [0, 0.1) is 0 Å². The number of hydrogen-bond acceptors (Lipinski definition) is 8. The van der Waals surface area contributed by atoms with Gasteiger partial charge in [0.2, 0.25) is 5.75 Å². The molecule has 3 rings (SSSR count). The number of aromatic hydroxyl groups is 1. The molecule has 26 heavy (non-hydrogen) atoms. The van der Waals surface area contributed by atoms with E-state index in [1.165, 1.54) is 22.7 Å². The Morgan fingerprint density at radius 1 is 1.31 bits per heavy atom. The first kappa shape index (κ1) is 17.6. The van der Waals surface area contributed by atoms with E-state index in [9.17, 15) is 19.5 Å². The van der Waals surface area contributed by atoms with Crippen LogP contribution in [0.25, 0.3) is 11.4 Å². The predicted molar refractivity (Wildman–Crippen MR) is 94.8 cm³/mol. The van der Waals surface area contributed by atoms with Gasteiger partial charge in [-0.3, -0.25) is 9.78 Å². The quantitative estimate of drug-likeness (QED) is 0.441. The largest absolute Gasteiger partial charge is 0.501 e. The Kier molecular flexibility index (Phi) is 4.95. The first-order chi connectivity index (χ1) is 12.5. The van der Waals surface area contributed by atoms with Crippen LogP contribution in [0.5, 0.6) is 5.75 Å². The zero-order chi connectivity index (χ0) is 18.7. The fourth-order valence-electron chi connectivity index (χ4n) is 1.98. The molecule has 0 aliphatic heterocycles. The van der Waals surface area contributed by atoms with E-state index in [1.54, 1.807) is 22.5 Å². The SMILES string of the molecule is O=C(NCc1cncs1)Nc1cscc1-c1nc(C(=O)O)c(O)c(=O)[nH]1. The van der Waals surface area contributed by atoms with Gasteiger partial charge >= 0.3 is 12.0 Å². The number of rotatable bonds is 5. The molecule has 0 fully saturated rings. The van der Waals surface area contributed by atoms with Crippen LogP contribution in [-0.4, -0.2) is 37.2 Å². The molecule has 3 heterocycles. The highest BCUT2D eigenvalue weighted by Gasteiger charge is 2.19. The Bertz CT molecular complexity index is 1010. The van der Waals surface area contributed by atoms with Crippen LogP contribution in [0.4, 0.5) is 10.5 Å². The summed E-state index contributed by atoms with van der Waals surface area (Å²) in [5.74, 6) is -2.60. The fourth-order valence-corrected chi connectivity index (χ4v) is 3.28. The van der Waals surface area contributed by atoms with Crippen LogP contribution in [0.15, 0.2) is 27.3 Å². The highest BCUT2D eigenvalue weighted by molar-refractivity contribution is 7.09. The van der Waals surface area contributed by atoms with Gasteiger partial charge in [-0.25, -0.2) is 14.6 Å². The molecule has 0 atom stereocenters. The summed E-state index contributed by atoms with van der Waals surface area (Å²) in [5.41, 5.74) is 0.554. The number of anilines is 1. The van der Waals surface area contributed by atoms with E-state index in [2.05, 4.69) is 25.6 Å². The Hall–Kier alpha value is -3.25. The molecule has 0 unspecified atom stereocenters. The van der Waals surface area contributed by atoms with Crippen molar-refractivity contribution in [1.82, 2.24) is 20.3 Å². The number of aromatic amines is 1. The average Bonchev–Trinajstić information content (AvgIpc) is 3.26. The van der Waals surface area contributed by atoms with Crippen molar-refractivity contribution in [1.29, 1.82) is 0 Å². The monoisotopic (exact) mass is 393 g/mol. The molecule has 134 valence electrons.